The lowest BCUT2D eigenvalue weighted by Gasteiger charge is -2.41. The molecule has 0 radical (unpaired) electrons. The number of oxime groups is 1. The van der Waals surface area contributed by atoms with E-state index < -0.39 is 0 Å². The van der Waals surface area contributed by atoms with Crippen LogP contribution in [0.15, 0.2) is 35.5 Å². The Morgan fingerprint density at radius 1 is 1.14 bits per heavy atom. The molecule has 1 saturated carbocycles. The van der Waals surface area contributed by atoms with Gasteiger partial charge in [0.1, 0.15) is 0 Å². The summed E-state index contributed by atoms with van der Waals surface area (Å²) in [7, 11) is 0. The van der Waals surface area contributed by atoms with Crippen LogP contribution >= 0.6 is 0 Å². The van der Waals surface area contributed by atoms with Crippen LogP contribution in [0.4, 0.5) is 0 Å². The van der Waals surface area contributed by atoms with Crippen LogP contribution in [0.1, 0.15) is 37.3 Å². The summed E-state index contributed by atoms with van der Waals surface area (Å²) in [5, 5.41) is 13.0. The van der Waals surface area contributed by atoms with E-state index in [0.717, 1.165) is 51.3 Å². The van der Waals surface area contributed by atoms with Crippen molar-refractivity contribution >= 4 is 5.71 Å². The number of hydrogen-bond donors (Lipinski definition) is 1. The maximum absolute atomic E-state index is 9.40. The predicted octanol–water partition coefficient (Wildman–Crippen LogP) is 3.08. The lowest BCUT2D eigenvalue weighted by molar-refractivity contribution is 0.00654. The molecule has 1 aliphatic heterocycles. The van der Waals surface area contributed by atoms with Crippen LogP contribution in [-0.4, -0.2) is 42.1 Å². The Kier molecular flexibility index (Phi) is 4.88. The zero-order valence-corrected chi connectivity index (χ0v) is 12.4. The van der Waals surface area contributed by atoms with Gasteiger partial charge in [0.15, 0.2) is 0 Å². The van der Waals surface area contributed by atoms with Crippen LogP contribution in [0.5, 0.6) is 0 Å². The summed E-state index contributed by atoms with van der Waals surface area (Å²) in [5.74, 6) is 0.323. The van der Waals surface area contributed by atoms with Gasteiger partial charge < -0.3 is 9.94 Å². The van der Waals surface area contributed by atoms with Gasteiger partial charge in [-0.3, -0.25) is 4.90 Å². The fraction of sp³-hybridized carbons (Fsp3) is 0.588. The number of ether oxygens (including phenoxy) is 1. The average Bonchev–Trinajstić information content (AvgIpc) is 2.58. The number of benzene rings is 1. The maximum atomic E-state index is 9.40. The first-order valence-electron chi connectivity index (χ1n) is 7.97. The van der Waals surface area contributed by atoms with Crippen molar-refractivity contribution in [2.45, 2.75) is 31.7 Å². The summed E-state index contributed by atoms with van der Waals surface area (Å²) in [5.41, 5.74) is 2.30. The summed E-state index contributed by atoms with van der Waals surface area (Å²) in [4.78, 5) is 2.50. The van der Waals surface area contributed by atoms with Gasteiger partial charge in [0.05, 0.1) is 18.9 Å². The van der Waals surface area contributed by atoms with Crippen LogP contribution < -0.4 is 0 Å². The van der Waals surface area contributed by atoms with E-state index in [2.05, 4.69) is 40.4 Å². The lowest BCUT2D eigenvalue weighted by Crippen LogP contribution is -2.44. The van der Waals surface area contributed by atoms with Gasteiger partial charge in [0, 0.05) is 25.0 Å². The molecule has 4 nitrogen and oxygen atoms in total. The Labute approximate surface area is 126 Å². The van der Waals surface area contributed by atoms with E-state index >= 15 is 0 Å². The van der Waals surface area contributed by atoms with Gasteiger partial charge in [0.25, 0.3) is 0 Å². The fourth-order valence-electron chi connectivity index (χ4n) is 3.69. The number of rotatable bonds is 3. The smallest absolute Gasteiger partial charge is 0.0620 e. The molecule has 0 amide bonds. The highest BCUT2D eigenvalue weighted by molar-refractivity contribution is 5.87. The molecular weight excluding hydrogens is 264 g/mol. The zero-order chi connectivity index (χ0) is 14.5. The second-order valence-electron chi connectivity index (χ2n) is 5.95. The summed E-state index contributed by atoms with van der Waals surface area (Å²) >= 11 is 0. The first-order chi connectivity index (χ1) is 10.4. The maximum Gasteiger partial charge on any atom is 0.0620 e. The number of morpholine rings is 1. The van der Waals surface area contributed by atoms with E-state index in [1.807, 2.05) is 0 Å². The summed E-state index contributed by atoms with van der Waals surface area (Å²) in [6, 6.07) is 11.0. The summed E-state index contributed by atoms with van der Waals surface area (Å²) < 4.78 is 5.50. The van der Waals surface area contributed by atoms with E-state index in [0.29, 0.717) is 12.0 Å². The zero-order valence-electron chi connectivity index (χ0n) is 12.4. The topological polar surface area (TPSA) is 45.1 Å². The molecule has 21 heavy (non-hydrogen) atoms. The van der Waals surface area contributed by atoms with Gasteiger partial charge in [-0.25, -0.2) is 0 Å². The molecule has 1 aromatic rings. The van der Waals surface area contributed by atoms with E-state index in [9.17, 15) is 5.21 Å². The molecule has 4 heteroatoms. The van der Waals surface area contributed by atoms with Crippen molar-refractivity contribution in [2.75, 3.05) is 26.3 Å². The quantitative estimate of drug-likeness (QED) is 0.686. The monoisotopic (exact) mass is 288 g/mol. The van der Waals surface area contributed by atoms with Gasteiger partial charge in [-0.1, -0.05) is 41.9 Å². The van der Waals surface area contributed by atoms with E-state index in [4.69, 9.17) is 4.74 Å². The van der Waals surface area contributed by atoms with Crippen LogP contribution in [0.3, 0.4) is 0 Å². The van der Waals surface area contributed by atoms with Crippen molar-refractivity contribution in [3.05, 3.63) is 35.9 Å². The first kappa shape index (κ1) is 14.5. The van der Waals surface area contributed by atoms with Crippen LogP contribution in [0.2, 0.25) is 0 Å². The molecule has 1 aromatic carbocycles. The molecular formula is C17H24N2O2. The molecule has 1 heterocycles. The highest BCUT2D eigenvalue weighted by atomic mass is 16.5. The fourth-order valence-corrected chi connectivity index (χ4v) is 3.69. The lowest BCUT2D eigenvalue weighted by atomic mass is 9.78. The van der Waals surface area contributed by atoms with Gasteiger partial charge in [-0.2, -0.15) is 0 Å². The Bertz CT molecular complexity index is 469. The molecule has 2 aliphatic rings. The molecule has 2 fully saturated rings. The highest BCUT2D eigenvalue weighted by Crippen LogP contribution is 2.37. The van der Waals surface area contributed by atoms with Crippen molar-refractivity contribution in [1.82, 2.24) is 4.90 Å². The Morgan fingerprint density at radius 3 is 2.62 bits per heavy atom. The van der Waals surface area contributed by atoms with Gasteiger partial charge in [-0.05, 0) is 24.8 Å². The molecule has 1 aliphatic carbocycles. The van der Waals surface area contributed by atoms with Crippen LogP contribution in [-0.2, 0) is 4.74 Å². The van der Waals surface area contributed by atoms with Crippen LogP contribution in [0, 0.1) is 5.92 Å². The molecule has 2 unspecified atom stereocenters. The minimum absolute atomic E-state index is 0.307. The van der Waals surface area contributed by atoms with E-state index in [-0.39, 0.29) is 0 Å². The summed E-state index contributed by atoms with van der Waals surface area (Å²) in [6.07, 6.45) is 4.39. The third kappa shape index (κ3) is 3.27. The molecule has 114 valence electrons. The predicted molar refractivity (Wildman–Crippen MR) is 82.8 cm³/mol. The molecule has 2 atom stereocenters. The number of nitrogens with zero attached hydrogens (tertiary/aromatic N) is 2. The van der Waals surface area contributed by atoms with Crippen LogP contribution in [0.25, 0.3) is 0 Å². The second-order valence-corrected chi connectivity index (χ2v) is 5.95. The SMILES string of the molecule is O/N=C1\CCCCC1C(c1ccccc1)N1CCOCC1. The third-order valence-electron chi connectivity index (χ3n) is 4.72. The third-order valence-corrected chi connectivity index (χ3v) is 4.72. The van der Waals surface area contributed by atoms with Gasteiger partial charge in [0.2, 0.25) is 0 Å². The molecule has 1 saturated heterocycles. The standard InChI is InChI=1S/C17H24N2O2/c20-18-16-9-5-4-8-15(16)17(14-6-2-1-3-7-14)19-10-12-21-13-11-19/h1-3,6-7,15,17,20H,4-5,8-13H2/b18-16+. The Balaban J connectivity index is 1.91. The highest BCUT2D eigenvalue weighted by Gasteiger charge is 2.34. The van der Waals surface area contributed by atoms with Gasteiger partial charge in [-0.15, -0.1) is 0 Å². The van der Waals surface area contributed by atoms with Crippen molar-refractivity contribution in [3.63, 3.8) is 0 Å². The largest absolute Gasteiger partial charge is 0.411 e. The number of hydrogen-bond acceptors (Lipinski definition) is 4. The first-order valence-corrected chi connectivity index (χ1v) is 7.97. The molecule has 1 N–H and O–H groups in total. The molecule has 0 bridgehead atoms. The van der Waals surface area contributed by atoms with E-state index in [1.54, 1.807) is 0 Å². The Hall–Kier alpha value is -1.39. The van der Waals surface area contributed by atoms with Crippen molar-refractivity contribution < 1.29 is 9.94 Å². The second kappa shape index (κ2) is 7.05. The molecule has 3 rings (SSSR count). The minimum atomic E-state index is 0.307. The minimum Gasteiger partial charge on any atom is -0.411 e. The molecule has 0 spiro atoms. The summed E-state index contributed by atoms with van der Waals surface area (Å²) in [6.45, 7) is 3.49. The van der Waals surface area contributed by atoms with Crippen molar-refractivity contribution in [1.29, 1.82) is 0 Å². The average molecular weight is 288 g/mol. The normalized spacial score (nSPS) is 27.6. The van der Waals surface area contributed by atoms with Gasteiger partial charge >= 0.3 is 0 Å². The van der Waals surface area contributed by atoms with Crippen molar-refractivity contribution in [3.8, 4) is 0 Å². The van der Waals surface area contributed by atoms with Crippen molar-refractivity contribution in [2.24, 2.45) is 11.1 Å². The van der Waals surface area contributed by atoms with E-state index in [1.165, 1.54) is 12.0 Å². The molecule has 0 aromatic heterocycles. The Morgan fingerprint density at radius 2 is 1.90 bits per heavy atom.